The van der Waals surface area contributed by atoms with E-state index in [1.807, 2.05) is 0 Å². The summed E-state index contributed by atoms with van der Waals surface area (Å²) in [6.45, 7) is 8.47. The minimum atomic E-state index is -0.488. The maximum absolute atomic E-state index is 9.54. The predicted octanol–water partition coefficient (Wildman–Crippen LogP) is 6.91. The predicted molar refractivity (Wildman–Crippen MR) is 194 cm³/mol. The monoisotopic (exact) mass is 682 g/mol. The Balaban J connectivity index is 1.31. The molecular formula is C40H47ClN4O4. The fourth-order valence-electron chi connectivity index (χ4n) is 6.38. The maximum atomic E-state index is 9.54. The first-order valence-corrected chi connectivity index (χ1v) is 17.5. The molecule has 49 heavy (non-hydrogen) atoms. The number of nitrogens with zero attached hydrogens (tertiary/aromatic N) is 3. The number of aromatic nitrogens is 1. The zero-order valence-electron chi connectivity index (χ0n) is 28.6. The number of likely N-dealkylation sites (tertiary alicyclic amines) is 1. The molecule has 1 aliphatic rings. The van der Waals surface area contributed by atoms with Crippen molar-refractivity contribution >= 4 is 11.6 Å². The van der Waals surface area contributed by atoms with E-state index in [1.54, 1.807) is 24.4 Å². The lowest BCUT2D eigenvalue weighted by Crippen LogP contribution is -2.35. The van der Waals surface area contributed by atoms with Crippen LogP contribution < -0.4 is 14.8 Å². The molecule has 5 rings (SSSR count). The molecule has 0 aliphatic carbocycles. The number of hydrogen-bond donors (Lipinski definition) is 3. The van der Waals surface area contributed by atoms with Crippen LogP contribution in [0.4, 0.5) is 0 Å². The van der Waals surface area contributed by atoms with Gasteiger partial charge < -0.3 is 29.9 Å². The average molecular weight is 683 g/mol. The zero-order valence-corrected chi connectivity index (χ0v) is 29.3. The van der Waals surface area contributed by atoms with Crippen LogP contribution >= 0.6 is 11.6 Å². The number of rotatable bonds is 17. The van der Waals surface area contributed by atoms with E-state index < -0.39 is 6.04 Å². The number of nitrogens with one attached hydrogen (secondary N) is 1. The molecule has 3 N–H and O–H groups in total. The minimum absolute atomic E-state index is 0.179. The Morgan fingerprint density at radius 3 is 2.29 bits per heavy atom. The van der Waals surface area contributed by atoms with Crippen molar-refractivity contribution in [3.63, 3.8) is 0 Å². The van der Waals surface area contributed by atoms with Crippen LogP contribution in [-0.4, -0.2) is 59.0 Å². The third-order valence-corrected chi connectivity index (χ3v) is 9.69. The van der Waals surface area contributed by atoms with Crippen LogP contribution in [0.5, 0.6) is 11.5 Å². The molecule has 1 aliphatic heterocycles. The van der Waals surface area contributed by atoms with E-state index in [1.165, 1.54) is 73.8 Å². The topological polar surface area (TPSA) is 111 Å². The van der Waals surface area contributed by atoms with Crippen molar-refractivity contribution in [2.75, 3.05) is 32.8 Å². The number of ether oxygens (including phenoxy) is 2. The van der Waals surface area contributed by atoms with Crippen LogP contribution in [0.2, 0.25) is 5.02 Å². The third kappa shape index (κ3) is 9.81. The Labute approximate surface area is 295 Å². The van der Waals surface area contributed by atoms with Gasteiger partial charge in [-0.25, -0.2) is 0 Å². The van der Waals surface area contributed by atoms with Crippen LogP contribution in [0.3, 0.4) is 0 Å². The molecule has 1 saturated heterocycles. The van der Waals surface area contributed by atoms with E-state index in [2.05, 4.69) is 71.5 Å². The molecule has 9 heteroatoms. The van der Waals surface area contributed by atoms with Gasteiger partial charge >= 0.3 is 0 Å². The number of aliphatic hydroxyl groups is 2. The lowest BCUT2D eigenvalue weighted by Gasteiger charge is -2.19. The summed E-state index contributed by atoms with van der Waals surface area (Å²) in [6.07, 6.45) is 9.36. The van der Waals surface area contributed by atoms with Gasteiger partial charge in [0.15, 0.2) is 0 Å². The Morgan fingerprint density at radius 2 is 1.57 bits per heavy atom. The fraction of sp³-hybridized carbons (Fsp3) is 0.400. The molecule has 1 aromatic heterocycles. The number of benzene rings is 3. The Bertz CT molecular complexity index is 1730. The average Bonchev–Trinajstić information content (AvgIpc) is 3.65. The Hall–Kier alpha value is -3.97. The van der Waals surface area contributed by atoms with Crippen molar-refractivity contribution in [3.8, 4) is 28.7 Å². The summed E-state index contributed by atoms with van der Waals surface area (Å²) in [4.78, 5) is 6.72. The van der Waals surface area contributed by atoms with E-state index in [0.717, 1.165) is 28.7 Å². The molecule has 0 atom stereocenters. The number of aliphatic hydroxyl groups excluding tert-OH is 2. The number of unbranched alkanes of at least 4 members (excludes halogenated alkanes) is 1. The van der Waals surface area contributed by atoms with Gasteiger partial charge in [-0.1, -0.05) is 48.0 Å². The highest BCUT2D eigenvalue weighted by atomic mass is 35.5. The van der Waals surface area contributed by atoms with E-state index in [0.29, 0.717) is 35.2 Å². The molecule has 0 saturated carbocycles. The summed E-state index contributed by atoms with van der Waals surface area (Å²) in [5.41, 5.74) is 9.34. The number of hydrogen-bond acceptors (Lipinski definition) is 8. The summed E-state index contributed by atoms with van der Waals surface area (Å²) in [5, 5.41) is 31.9. The van der Waals surface area contributed by atoms with Crippen LogP contribution in [0.25, 0.3) is 11.1 Å². The van der Waals surface area contributed by atoms with Crippen molar-refractivity contribution in [3.05, 3.63) is 111 Å². The van der Waals surface area contributed by atoms with Gasteiger partial charge in [0.2, 0.25) is 0 Å². The molecule has 0 unspecified atom stereocenters. The molecule has 1 fully saturated rings. The third-order valence-electron chi connectivity index (χ3n) is 9.39. The standard InChI is InChI=1S/C40H47ClN4O4/c1-28-32(9-3-4-14-45-15-5-6-16-45)10-7-12-36(28)37-13-8-11-33(29(37)2)27-49-40-19-39(48-26-31-17-30(20-42)21-43-22-31)34(18-38(40)41)23-44-35(24-46)25-47/h7-8,10-13,17-19,21-22,35,44,46-47H,3-6,9,14-16,23-27H2,1-2H3. The van der Waals surface area contributed by atoms with Crippen molar-refractivity contribution in [1.29, 1.82) is 5.26 Å². The van der Waals surface area contributed by atoms with Crippen molar-refractivity contribution in [2.24, 2.45) is 0 Å². The summed E-state index contributed by atoms with van der Waals surface area (Å²) in [6, 6.07) is 19.9. The molecule has 0 amide bonds. The fourth-order valence-corrected chi connectivity index (χ4v) is 6.62. The highest BCUT2D eigenvalue weighted by molar-refractivity contribution is 6.32. The number of halogens is 1. The van der Waals surface area contributed by atoms with Gasteiger partial charge in [0.05, 0.1) is 29.8 Å². The molecule has 2 heterocycles. The SMILES string of the molecule is Cc1c(CCCCN2CCCC2)cccc1-c1cccc(COc2cc(OCc3cncc(C#N)c3)c(CNC(CO)CO)cc2Cl)c1C. The molecule has 0 bridgehead atoms. The molecule has 0 radical (unpaired) electrons. The van der Waals surface area contributed by atoms with E-state index in [4.69, 9.17) is 21.1 Å². The number of aryl methyl sites for hydroxylation is 1. The van der Waals surface area contributed by atoms with Gasteiger partial charge in [-0.2, -0.15) is 5.26 Å². The smallest absolute Gasteiger partial charge is 0.142 e. The van der Waals surface area contributed by atoms with Crippen molar-refractivity contribution < 1.29 is 19.7 Å². The largest absolute Gasteiger partial charge is 0.488 e. The lowest BCUT2D eigenvalue weighted by atomic mass is 9.90. The quantitative estimate of drug-likeness (QED) is 0.103. The minimum Gasteiger partial charge on any atom is -0.488 e. The van der Waals surface area contributed by atoms with Crippen LogP contribution in [0.1, 0.15) is 64.6 Å². The number of pyridine rings is 1. The van der Waals surface area contributed by atoms with Gasteiger partial charge in [0, 0.05) is 36.1 Å². The second kappa shape index (κ2) is 18.1. The van der Waals surface area contributed by atoms with E-state index >= 15 is 0 Å². The lowest BCUT2D eigenvalue weighted by molar-refractivity contribution is 0.170. The van der Waals surface area contributed by atoms with E-state index in [-0.39, 0.29) is 19.8 Å². The Kier molecular flexibility index (Phi) is 13.4. The van der Waals surface area contributed by atoms with Gasteiger partial charge in [0.25, 0.3) is 0 Å². The summed E-state index contributed by atoms with van der Waals surface area (Å²) >= 11 is 6.75. The van der Waals surface area contributed by atoms with Crippen molar-refractivity contribution in [1.82, 2.24) is 15.2 Å². The molecule has 3 aromatic carbocycles. The second-order valence-corrected chi connectivity index (χ2v) is 13.2. The number of nitriles is 1. The molecule has 4 aromatic rings. The van der Waals surface area contributed by atoms with Gasteiger partial charge in [-0.15, -0.1) is 0 Å². The first-order chi connectivity index (χ1) is 23.9. The Morgan fingerprint density at radius 1 is 0.878 bits per heavy atom. The van der Waals surface area contributed by atoms with Crippen LogP contribution in [0.15, 0.2) is 67.0 Å². The maximum Gasteiger partial charge on any atom is 0.142 e. The highest BCUT2D eigenvalue weighted by Gasteiger charge is 2.16. The van der Waals surface area contributed by atoms with Gasteiger partial charge in [-0.05, 0) is 111 Å². The summed E-state index contributed by atoms with van der Waals surface area (Å²) in [7, 11) is 0. The first kappa shape index (κ1) is 36.3. The van der Waals surface area contributed by atoms with Gasteiger partial charge in [-0.3, -0.25) is 4.98 Å². The molecule has 0 spiro atoms. The van der Waals surface area contributed by atoms with Crippen LogP contribution in [-0.2, 0) is 26.2 Å². The summed E-state index contributed by atoms with van der Waals surface area (Å²) in [5.74, 6) is 1.00. The zero-order chi connectivity index (χ0) is 34.6. The highest BCUT2D eigenvalue weighted by Crippen LogP contribution is 2.35. The van der Waals surface area contributed by atoms with Gasteiger partial charge in [0.1, 0.15) is 30.8 Å². The molecule has 8 nitrogen and oxygen atoms in total. The van der Waals surface area contributed by atoms with Crippen molar-refractivity contribution in [2.45, 2.75) is 71.8 Å². The summed E-state index contributed by atoms with van der Waals surface area (Å²) < 4.78 is 12.5. The van der Waals surface area contributed by atoms with Crippen LogP contribution in [0, 0.1) is 25.2 Å². The molecular weight excluding hydrogens is 636 g/mol. The normalized spacial score (nSPS) is 13.2. The van der Waals surface area contributed by atoms with E-state index in [9.17, 15) is 15.5 Å². The first-order valence-electron chi connectivity index (χ1n) is 17.2. The second-order valence-electron chi connectivity index (χ2n) is 12.8. The molecule has 258 valence electrons.